The second-order valence-electron chi connectivity index (χ2n) is 4.10. The van der Waals surface area contributed by atoms with E-state index in [0.717, 1.165) is 5.69 Å². The van der Waals surface area contributed by atoms with E-state index >= 15 is 0 Å². The van der Waals surface area contributed by atoms with Crippen molar-refractivity contribution in [2.75, 3.05) is 5.75 Å². The van der Waals surface area contributed by atoms with Gasteiger partial charge >= 0.3 is 0 Å². The molecule has 3 aromatic rings. The Morgan fingerprint density at radius 2 is 2.05 bits per heavy atom. The molecule has 0 amide bonds. The van der Waals surface area contributed by atoms with Crippen LogP contribution in [-0.2, 0) is 0 Å². The molecule has 0 saturated carbocycles. The van der Waals surface area contributed by atoms with Gasteiger partial charge in [0.25, 0.3) is 0 Å². The van der Waals surface area contributed by atoms with Gasteiger partial charge in [-0.3, -0.25) is 4.79 Å². The second-order valence-corrected chi connectivity index (χ2v) is 5.05. The van der Waals surface area contributed by atoms with Gasteiger partial charge in [0.05, 0.1) is 17.1 Å². The number of para-hydroxylation sites is 1. The van der Waals surface area contributed by atoms with E-state index in [1.54, 1.807) is 29.3 Å². The zero-order chi connectivity index (χ0) is 13.8. The Kier molecular flexibility index (Phi) is 3.64. The third-order valence-corrected chi connectivity index (χ3v) is 3.57. The number of carbonyl (C=O) groups excluding carboxylic acids is 1. The maximum atomic E-state index is 11.8. The zero-order valence-electron chi connectivity index (χ0n) is 10.6. The topological polar surface area (TPSA) is 63.6 Å². The van der Waals surface area contributed by atoms with Crippen LogP contribution in [0.25, 0.3) is 5.69 Å². The molecule has 0 spiro atoms. The summed E-state index contributed by atoms with van der Waals surface area (Å²) in [6.07, 6.45) is 3.39. The van der Waals surface area contributed by atoms with Gasteiger partial charge in [0.1, 0.15) is 6.33 Å². The van der Waals surface area contributed by atoms with E-state index in [4.69, 9.17) is 0 Å². The molecule has 0 aliphatic heterocycles. The lowest BCUT2D eigenvalue weighted by atomic mass is 10.3. The lowest BCUT2D eigenvalue weighted by Crippen LogP contribution is -2.02. The summed E-state index contributed by atoms with van der Waals surface area (Å²) in [6.45, 7) is 0. The molecule has 1 aromatic carbocycles. The summed E-state index contributed by atoms with van der Waals surface area (Å²) in [5.74, 6) is 0.357. The molecular formula is C14H12N4OS. The molecule has 5 nitrogen and oxygen atoms in total. The Morgan fingerprint density at radius 3 is 2.80 bits per heavy atom. The van der Waals surface area contributed by atoms with Crippen LogP contribution in [0.2, 0.25) is 0 Å². The zero-order valence-corrected chi connectivity index (χ0v) is 11.4. The maximum absolute atomic E-state index is 11.8. The van der Waals surface area contributed by atoms with Crippen LogP contribution in [-0.4, -0.2) is 31.3 Å². The predicted octanol–water partition coefficient (Wildman–Crippen LogP) is 2.57. The largest absolute Gasteiger partial charge is 0.359 e. The van der Waals surface area contributed by atoms with Gasteiger partial charge in [0.2, 0.25) is 5.16 Å². The SMILES string of the molecule is O=C(CSc1ncn(-c2ccccc2)n1)c1ccc[nH]1. The molecule has 0 bridgehead atoms. The van der Waals surface area contributed by atoms with Crippen molar-refractivity contribution in [3.05, 3.63) is 60.7 Å². The first-order valence-corrected chi connectivity index (χ1v) is 7.08. The summed E-state index contributed by atoms with van der Waals surface area (Å²) in [5.41, 5.74) is 1.56. The van der Waals surface area contributed by atoms with Crippen molar-refractivity contribution >= 4 is 17.5 Å². The van der Waals surface area contributed by atoms with Crippen LogP contribution >= 0.6 is 11.8 Å². The molecule has 6 heteroatoms. The third kappa shape index (κ3) is 2.80. The van der Waals surface area contributed by atoms with Crippen LogP contribution in [0.15, 0.2) is 60.1 Å². The molecule has 1 N–H and O–H groups in total. The van der Waals surface area contributed by atoms with Crippen LogP contribution in [0.4, 0.5) is 0 Å². The van der Waals surface area contributed by atoms with Gasteiger partial charge in [-0.2, -0.15) is 0 Å². The Hall–Kier alpha value is -2.34. The van der Waals surface area contributed by atoms with Gasteiger partial charge in [-0.1, -0.05) is 30.0 Å². The molecule has 0 fully saturated rings. The highest BCUT2D eigenvalue weighted by Crippen LogP contribution is 2.15. The highest BCUT2D eigenvalue weighted by molar-refractivity contribution is 7.99. The van der Waals surface area contributed by atoms with Gasteiger partial charge in [-0.05, 0) is 24.3 Å². The Balaban J connectivity index is 1.65. The fraction of sp³-hybridized carbons (Fsp3) is 0.0714. The van der Waals surface area contributed by atoms with Crippen molar-refractivity contribution in [1.82, 2.24) is 19.7 Å². The summed E-state index contributed by atoms with van der Waals surface area (Å²) in [4.78, 5) is 18.9. The molecule has 0 radical (unpaired) electrons. The van der Waals surface area contributed by atoms with Gasteiger partial charge in [-0.15, -0.1) is 5.10 Å². The first-order valence-electron chi connectivity index (χ1n) is 6.09. The summed E-state index contributed by atoms with van der Waals surface area (Å²) >= 11 is 1.33. The maximum Gasteiger partial charge on any atom is 0.209 e. The molecule has 2 aromatic heterocycles. The molecule has 100 valence electrons. The number of aromatic amines is 1. The Morgan fingerprint density at radius 1 is 1.20 bits per heavy atom. The number of rotatable bonds is 5. The Labute approximate surface area is 120 Å². The number of aromatic nitrogens is 4. The van der Waals surface area contributed by atoms with Gasteiger partial charge in [-0.25, -0.2) is 9.67 Å². The number of nitrogens with one attached hydrogen (secondary N) is 1. The fourth-order valence-corrected chi connectivity index (χ4v) is 2.41. The summed E-state index contributed by atoms with van der Waals surface area (Å²) in [5, 5.41) is 4.93. The summed E-state index contributed by atoms with van der Waals surface area (Å²) < 4.78 is 1.70. The van der Waals surface area contributed by atoms with E-state index in [1.807, 2.05) is 30.3 Å². The Bertz CT molecular complexity index is 691. The number of ketones is 1. The van der Waals surface area contributed by atoms with Crippen molar-refractivity contribution in [1.29, 1.82) is 0 Å². The third-order valence-electron chi connectivity index (χ3n) is 2.72. The minimum absolute atomic E-state index is 0.0380. The number of H-pyrrole nitrogens is 1. The average molecular weight is 284 g/mol. The predicted molar refractivity (Wildman–Crippen MR) is 77.2 cm³/mol. The van der Waals surface area contributed by atoms with Crippen LogP contribution < -0.4 is 0 Å². The molecule has 3 rings (SSSR count). The van der Waals surface area contributed by atoms with Crippen molar-refractivity contribution in [3.8, 4) is 5.69 Å². The number of thioether (sulfide) groups is 1. The van der Waals surface area contributed by atoms with Crippen LogP contribution in [0, 0.1) is 0 Å². The first kappa shape index (κ1) is 12.7. The lowest BCUT2D eigenvalue weighted by molar-refractivity contribution is 0.101. The fourth-order valence-electron chi connectivity index (χ4n) is 1.73. The number of carbonyl (C=O) groups is 1. The normalized spacial score (nSPS) is 10.6. The van der Waals surface area contributed by atoms with Crippen LogP contribution in [0.3, 0.4) is 0 Å². The molecule has 2 heterocycles. The number of hydrogen-bond acceptors (Lipinski definition) is 4. The van der Waals surface area contributed by atoms with E-state index in [1.165, 1.54) is 11.8 Å². The van der Waals surface area contributed by atoms with Gasteiger partial charge in [0, 0.05) is 6.20 Å². The van der Waals surface area contributed by atoms with Crippen molar-refractivity contribution in [2.24, 2.45) is 0 Å². The summed E-state index contributed by atoms with van der Waals surface area (Å²) in [7, 11) is 0. The quantitative estimate of drug-likeness (QED) is 0.578. The first-order chi connectivity index (χ1) is 9.83. The number of nitrogens with zero attached hydrogens (tertiary/aromatic N) is 3. The van der Waals surface area contributed by atoms with E-state index in [9.17, 15) is 4.79 Å². The van der Waals surface area contributed by atoms with Crippen molar-refractivity contribution in [2.45, 2.75) is 5.16 Å². The minimum atomic E-state index is 0.0380. The number of hydrogen-bond donors (Lipinski definition) is 1. The van der Waals surface area contributed by atoms with Crippen LogP contribution in [0.5, 0.6) is 0 Å². The molecule has 0 atom stereocenters. The monoisotopic (exact) mass is 284 g/mol. The molecule has 0 unspecified atom stereocenters. The minimum Gasteiger partial charge on any atom is -0.359 e. The van der Waals surface area contributed by atoms with E-state index in [0.29, 0.717) is 16.6 Å². The average Bonchev–Trinajstić information content (AvgIpc) is 3.17. The highest BCUT2D eigenvalue weighted by Gasteiger charge is 2.09. The number of benzene rings is 1. The van der Waals surface area contributed by atoms with Crippen LogP contribution in [0.1, 0.15) is 10.5 Å². The smallest absolute Gasteiger partial charge is 0.209 e. The van der Waals surface area contributed by atoms with Gasteiger partial charge < -0.3 is 4.98 Å². The van der Waals surface area contributed by atoms with E-state index in [2.05, 4.69) is 15.1 Å². The van der Waals surface area contributed by atoms with E-state index in [-0.39, 0.29) is 5.78 Å². The van der Waals surface area contributed by atoms with E-state index < -0.39 is 0 Å². The molecule has 0 aliphatic carbocycles. The second kappa shape index (κ2) is 5.75. The van der Waals surface area contributed by atoms with Crippen molar-refractivity contribution in [3.63, 3.8) is 0 Å². The highest BCUT2D eigenvalue weighted by atomic mass is 32.2. The van der Waals surface area contributed by atoms with Crippen molar-refractivity contribution < 1.29 is 4.79 Å². The summed E-state index contributed by atoms with van der Waals surface area (Å²) in [6, 6.07) is 13.3. The molecule has 0 aliphatic rings. The number of Topliss-reactive ketones (excluding diaryl/α,β-unsaturated/α-hetero) is 1. The standard InChI is InChI=1S/C14H12N4OS/c19-13(12-7-4-8-15-12)9-20-14-16-10-18(17-14)11-5-2-1-3-6-11/h1-8,10,15H,9H2. The van der Waals surface area contributed by atoms with Gasteiger partial charge in [0.15, 0.2) is 5.78 Å². The molecule has 0 saturated heterocycles. The molecular weight excluding hydrogens is 272 g/mol. The lowest BCUT2D eigenvalue weighted by Gasteiger charge is -1.98. The molecule has 20 heavy (non-hydrogen) atoms.